The van der Waals surface area contributed by atoms with Crippen LogP contribution in [0.15, 0.2) is 176 Å². The molecule has 0 fully saturated rings. The SMILES string of the molecule is [B]c1c([B])c([B])c2c(c1[B])c1c([B])c(-c3ccc4c(c3)c3cc(-c5ccccc5)ccc3n4-c3ccccc3)c([B])c([B])c1n2-c1ccc(-c2cccc(-c3ccccc3)c2)cc1. The van der Waals surface area contributed by atoms with Crippen LogP contribution in [0, 0.1) is 0 Å². The molecule has 11 aromatic rings. The summed E-state index contributed by atoms with van der Waals surface area (Å²) < 4.78 is 4.23. The Kier molecular flexibility index (Phi) is 9.35. The van der Waals surface area contributed by atoms with E-state index >= 15 is 0 Å². The Labute approximate surface area is 375 Å². The minimum atomic E-state index is 0.174. The minimum Gasteiger partial charge on any atom is -0.311 e. The highest BCUT2D eigenvalue weighted by atomic mass is 15.0. The molecule has 2 aromatic heterocycles. The van der Waals surface area contributed by atoms with Gasteiger partial charge in [0.15, 0.2) is 0 Å². The topological polar surface area (TPSA) is 9.86 Å². The molecule has 9 aromatic carbocycles. The van der Waals surface area contributed by atoms with Gasteiger partial charge in [0.1, 0.15) is 54.9 Å². The number of benzene rings is 9. The third-order valence-corrected chi connectivity index (χ3v) is 12.5. The molecule has 0 saturated heterocycles. The average Bonchev–Trinajstić information content (AvgIpc) is 3.87. The molecule has 0 unspecified atom stereocenters. The Balaban J connectivity index is 1.13. The molecule has 276 valence electrons. The van der Waals surface area contributed by atoms with Crippen molar-refractivity contribution in [2.75, 3.05) is 0 Å². The highest BCUT2D eigenvalue weighted by Gasteiger charge is 2.25. The molecule has 0 aliphatic rings. The molecular formula is C54H29B7N2. The first kappa shape index (κ1) is 38.9. The van der Waals surface area contributed by atoms with Crippen molar-refractivity contribution in [3.63, 3.8) is 0 Å². The van der Waals surface area contributed by atoms with Gasteiger partial charge in [-0.15, -0.1) is 10.9 Å². The van der Waals surface area contributed by atoms with Gasteiger partial charge in [0.2, 0.25) is 0 Å². The van der Waals surface area contributed by atoms with E-state index in [4.69, 9.17) is 54.9 Å². The number of nitrogens with zero attached hydrogens (tertiary/aromatic N) is 2. The van der Waals surface area contributed by atoms with E-state index in [1.807, 2.05) is 65.2 Å². The first-order chi connectivity index (χ1) is 30.7. The lowest BCUT2D eigenvalue weighted by atomic mass is 9.64. The highest BCUT2D eigenvalue weighted by Crippen LogP contribution is 2.38. The lowest BCUT2D eigenvalue weighted by Crippen LogP contribution is -2.48. The van der Waals surface area contributed by atoms with E-state index in [1.165, 1.54) is 0 Å². The smallest absolute Gasteiger partial charge is 0.115 e. The molecule has 0 saturated carbocycles. The number of fused-ring (bicyclic) bond motifs is 6. The van der Waals surface area contributed by atoms with Gasteiger partial charge in [-0.3, -0.25) is 0 Å². The number of hydrogen-bond donors (Lipinski definition) is 0. The van der Waals surface area contributed by atoms with Gasteiger partial charge in [0.25, 0.3) is 0 Å². The fourth-order valence-electron chi connectivity index (χ4n) is 9.42. The van der Waals surface area contributed by atoms with Crippen molar-refractivity contribution in [1.82, 2.24) is 9.13 Å². The standard InChI is InChI=1S/C54H29B7N2/c55-46-43(36-22-26-42-40(29-36)39-28-35(31-13-6-2-7-14-31)21-25-41(39)62(42)37-17-8-3-9-18-37)47(56)51(60)53-44(46)45-48(57)49(58)50(59)52(61)54(45)63(53)38-23-19-32(20-24-38)34-16-10-15-33(27-34)30-11-4-1-5-12-30/h1-29H. The van der Waals surface area contributed by atoms with E-state index in [1.54, 1.807) is 0 Å². The van der Waals surface area contributed by atoms with Gasteiger partial charge in [-0.05, 0) is 104 Å². The van der Waals surface area contributed by atoms with E-state index < -0.39 is 0 Å². The summed E-state index contributed by atoms with van der Waals surface area (Å²) in [7, 11) is 48.7. The summed E-state index contributed by atoms with van der Waals surface area (Å²) in [4.78, 5) is 0. The second kappa shape index (κ2) is 15.1. The van der Waals surface area contributed by atoms with Crippen molar-refractivity contribution >= 4 is 137 Å². The molecule has 0 aliphatic carbocycles. The predicted molar refractivity (Wildman–Crippen MR) is 275 cm³/mol. The number of para-hydroxylation sites is 1. The first-order valence-corrected chi connectivity index (χ1v) is 20.7. The van der Waals surface area contributed by atoms with Gasteiger partial charge in [-0.1, -0.05) is 149 Å². The van der Waals surface area contributed by atoms with E-state index in [0.717, 1.165) is 72.1 Å². The Bertz CT molecular complexity index is 3620. The van der Waals surface area contributed by atoms with Crippen molar-refractivity contribution < 1.29 is 0 Å². The maximum atomic E-state index is 7.38. The fourth-order valence-corrected chi connectivity index (χ4v) is 9.42. The number of hydrogen-bond acceptors (Lipinski definition) is 0. The Morgan fingerprint density at radius 2 is 0.683 bits per heavy atom. The van der Waals surface area contributed by atoms with Crippen molar-refractivity contribution in [1.29, 1.82) is 0 Å². The van der Waals surface area contributed by atoms with Crippen molar-refractivity contribution in [3.05, 3.63) is 176 Å². The molecule has 0 amide bonds. The largest absolute Gasteiger partial charge is 0.311 e. The molecule has 0 N–H and O–H groups in total. The maximum absolute atomic E-state index is 7.38. The molecule has 11 rings (SSSR count). The summed E-state index contributed by atoms with van der Waals surface area (Å²) >= 11 is 0. The molecule has 14 radical (unpaired) electrons. The normalized spacial score (nSPS) is 11.6. The van der Waals surface area contributed by atoms with Crippen LogP contribution in [0.4, 0.5) is 0 Å². The van der Waals surface area contributed by atoms with E-state index in [0.29, 0.717) is 43.8 Å². The number of rotatable bonds is 6. The molecule has 9 heteroatoms. The summed E-state index contributed by atoms with van der Waals surface area (Å²) in [5.41, 5.74) is 14.9. The summed E-state index contributed by atoms with van der Waals surface area (Å²) in [5.74, 6) is 0. The molecule has 0 aliphatic heterocycles. The van der Waals surface area contributed by atoms with Crippen LogP contribution in [-0.4, -0.2) is 64.1 Å². The van der Waals surface area contributed by atoms with E-state index in [2.05, 4.69) is 120 Å². The molecule has 63 heavy (non-hydrogen) atoms. The van der Waals surface area contributed by atoms with Crippen LogP contribution in [-0.2, 0) is 0 Å². The zero-order valence-electron chi connectivity index (χ0n) is 34.2. The Morgan fingerprint density at radius 3 is 1.27 bits per heavy atom. The van der Waals surface area contributed by atoms with Crippen LogP contribution in [0.1, 0.15) is 0 Å². The van der Waals surface area contributed by atoms with E-state index in [-0.39, 0.29) is 21.9 Å². The average molecular weight is 782 g/mol. The quantitative estimate of drug-likeness (QED) is 0.181. The van der Waals surface area contributed by atoms with Crippen LogP contribution < -0.4 is 38.2 Å². The maximum Gasteiger partial charge on any atom is 0.115 e. The molecule has 0 atom stereocenters. The van der Waals surface area contributed by atoms with Gasteiger partial charge in [0.05, 0.1) is 11.0 Å². The molecule has 2 heterocycles. The third kappa shape index (κ3) is 6.12. The predicted octanol–water partition coefficient (Wildman–Crippen LogP) is 6.11. The van der Waals surface area contributed by atoms with Crippen LogP contribution in [0.3, 0.4) is 0 Å². The van der Waals surface area contributed by atoms with Crippen molar-refractivity contribution in [2.45, 2.75) is 0 Å². The second-order valence-electron chi connectivity index (χ2n) is 16.0. The molecular weight excluding hydrogens is 752 g/mol. The van der Waals surface area contributed by atoms with Gasteiger partial charge in [-0.25, -0.2) is 0 Å². The van der Waals surface area contributed by atoms with Gasteiger partial charge in [-0.2, -0.15) is 0 Å². The third-order valence-electron chi connectivity index (χ3n) is 12.5. The lowest BCUT2D eigenvalue weighted by molar-refractivity contribution is 1.18. The van der Waals surface area contributed by atoms with Gasteiger partial charge < -0.3 is 9.13 Å². The van der Waals surface area contributed by atoms with Crippen LogP contribution in [0.5, 0.6) is 0 Å². The Morgan fingerprint density at radius 1 is 0.270 bits per heavy atom. The minimum absolute atomic E-state index is 0.174. The van der Waals surface area contributed by atoms with Crippen LogP contribution >= 0.6 is 0 Å². The molecule has 0 spiro atoms. The molecule has 2 nitrogen and oxygen atoms in total. The van der Waals surface area contributed by atoms with Gasteiger partial charge in [0, 0.05) is 38.6 Å². The summed E-state index contributed by atoms with van der Waals surface area (Å²) in [6.45, 7) is 0. The number of aromatic nitrogens is 2. The first-order valence-electron chi connectivity index (χ1n) is 20.7. The Hall–Kier alpha value is -6.97. The lowest BCUT2D eigenvalue weighted by Gasteiger charge is -2.19. The van der Waals surface area contributed by atoms with Crippen molar-refractivity contribution in [3.8, 4) is 55.9 Å². The highest BCUT2D eigenvalue weighted by molar-refractivity contribution is 6.69. The fraction of sp³-hybridized carbons (Fsp3) is 0. The summed E-state index contributed by atoms with van der Waals surface area (Å²) in [6.07, 6.45) is 0. The van der Waals surface area contributed by atoms with Gasteiger partial charge >= 0.3 is 0 Å². The molecule has 0 bridgehead atoms. The van der Waals surface area contributed by atoms with E-state index in [9.17, 15) is 0 Å². The van der Waals surface area contributed by atoms with Crippen molar-refractivity contribution in [2.24, 2.45) is 0 Å². The summed E-state index contributed by atoms with van der Waals surface area (Å²) in [5, 5.41) is 3.24. The zero-order valence-corrected chi connectivity index (χ0v) is 34.2. The second-order valence-corrected chi connectivity index (χ2v) is 16.0. The summed E-state index contributed by atoms with van der Waals surface area (Å²) in [6, 6.07) is 60.6. The monoisotopic (exact) mass is 782 g/mol. The zero-order chi connectivity index (χ0) is 43.1. The van der Waals surface area contributed by atoms with Crippen LogP contribution in [0.2, 0.25) is 0 Å². The van der Waals surface area contributed by atoms with Crippen LogP contribution in [0.25, 0.3) is 99.5 Å².